The summed E-state index contributed by atoms with van der Waals surface area (Å²) in [5, 5.41) is 0. The topological polar surface area (TPSA) is 27.1 Å². The van der Waals surface area contributed by atoms with Gasteiger partial charge in [0.1, 0.15) is 11.6 Å². The van der Waals surface area contributed by atoms with Gasteiger partial charge in [-0.15, -0.1) is 0 Å². The van der Waals surface area contributed by atoms with Crippen LogP contribution in [0.2, 0.25) is 0 Å². The van der Waals surface area contributed by atoms with Crippen LogP contribution >= 0.6 is 0 Å². The van der Waals surface area contributed by atoms with Crippen molar-refractivity contribution in [1.29, 1.82) is 0 Å². The molecule has 0 saturated carbocycles. The van der Waals surface area contributed by atoms with Crippen LogP contribution in [0, 0.1) is 20.8 Å². The van der Waals surface area contributed by atoms with Crippen molar-refractivity contribution in [2.75, 3.05) is 6.61 Å². The van der Waals surface area contributed by atoms with Gasteiger partial charge in [0.15, 0.2) is 0 Å². The number of aryl methyl sites for hydroxylation is 4. The summed E-state index contributed by atoms with van der Waals surface area (Å²) in [5.74, 6) is 2.09. The fourth-order valence-corrected chi connectivity index (χ4v) is 2.90. The molecule has 2 aromatic carbocycles. The third-order valence-electron chi connectivity index (χ3n) is 4.22. The maximum atomic E-state index is 5.93. The highest BCUT2D eigenvalue weighted by molar-refractivity contribution is 5.75. The first-order valence-corrected chi connectivity index (χ1v) is 8.27. The highest BCUT2D eigenvalue weighted by Gasteiger charge is 2.06. The Morgan fingerprint density at radius 3 is 2.70 bits per heavy atom. The van der Waals surface area contributed by atoms with Crippen LogP contribution in [0.1, 0.15) is 29.8 Å². The van der Waals surface area contributed by atoms with E-state index in [-0.39, 0.29) is 0 Å². The Hall–Kier alpha value is -2.29. The van der Waals surface area contributed by atoms with Crippen molar-refractivity contribution in [3.63, 3.8) is 0 Å². The molecule has 0 aliphatic rings. The van der Waals surface area contributed by atoms with Crippen LogP contribution in [0.4, 0.5) is 0 Å². The number of benzene rings is 2. The summed E-state index contributed by atoms with van der Waals surface area (Å²) in [6, 6.07) is 14.7. The van der Waals surface area contributed by atoms with Gasteiger partial charge in [0, 0.05) is 6.54 Å². The summed E-state index contributed by atoms with van der Waals surface area (Å²) in [4.78, 5) is 4.61. The molecule has 1 heterocycles. The van der Waals surface area contributed by atoms with E-state index in [1.165, 1.54) is 16.6 Å². The normalized spacial score (nSPS) is 11.1. The van der Waals surface area contributed by atoms with Crippen molar-refractivity contribution in [3.05, 3.63) is 59.4 Å². The lowest BCUT2D eigenvalue weighted by Gasteiger charge is -2.11. The number of imidazole rings is 1. The van der Waals surface area contributed by atoms with Gasteiger partial charge in [-0.3, -0.25) is 0 Å². The van der Waals surface area contributed by atoms with Crippen molar-refractivity contribution in [2.24, 2.45) is 0 Å². The molecule has 0 spiro atoms. The Morgan fingerprint density at radius 1 is 1.00 bits per heavy atom. The summed E-state index contributed by atoms with van der Waals surface area (Å²) in [6.07, 6.45) is 2.13. The van der Waals surface area contributed by atoms with Crippen molar-refractivity contribution in [2.45, 2.75) is 40.2 Å². The summed E-state index contributed by atoms with van der Waals surface area (Å²) < 4.78 is 8.23. The van der Waals surface area contributed by atoms with E-state index in [9.17, 15) is 0 Å². The van der Waals surface area contributed by atoms with E-state index >= 15 is 0 Å². The number of hydrogen-bond acceptors (Lipinski definition) is 2. The average molecular weight is 308 g/mol. The van der Waals surface area contributed by atoms with Crippen LogP contribution in [-0.4, -0.2) is 16.2 Å². The Kier molecular flexibility index (Phi) is 4.65. The predicted octanol–water partition coefficient (Wildman–Crippen LogP) is 4.82. The van der Waals surface area contributed by atoms with Crippen LogP contribution < -0.4 is 4.74 Å². The first-order valence-electron chi connectivity index (χ1n) is 8.27. The molecule has 0 fully saturated rings. The molecule has 0 amide bonds. The minimum atomic E-state index is 0.760. The number of hydrogen-bond donors (Lipinski definition) is 0. The molecular formula is C20H24N2O. The molecule has 0 atom stereocenters. The quantitative estimate of drug-likeness (QED) is 0.610. The first-order chi connectivity index (χ1) is 11.1. The van der Waals surface area contributed by atoms with Gasteiger partial charge in [0.2, 0.25) is 0 Å². The van der Waals surface area contributed by atoms with Gasteiger partial charge in [-0.1, -0.05) is 24.3 Å². The largest absolute Gasteiger partial charge is 0.493 e. The molecule has 0 radical (unpaired) electrons. The molecule has 0 N–H and O–H groups in total. The van der Waals surface area contributed by atoms with Crippen LogP contribution in [0.5, 0.6) is 5.75 Å². The number of ether oxygens (including phenoxy) is 1. The molecule has 3 nitrogen and oxygen atoms in total. The number of rotatable bonds is 6. The minimum absolute atomic E-state index is 0.760. The Morgan fingerprint density at radius 2 is 1.83 bits per heavy atom. The maximum Gasteiger partial charge on any atom is 0.122 e. The van der Waals surface area contributed by atoms with Crippen molar-refractivity contribution in [1.82, 2.24) is 9.55 Å². The van der Waals surface area contributed by atoms with Crippen LogP contribution in [0.15, 0.2) is 42.5 Å². The maximum absolute atomic E-state index is 5.93. The van der Waals surface area contributed by atoms with E-state index < -0.39 is 0 Å². The van der Waals surface area contributed by atoms with E-state index in [2.05, 4.69) is 66.7 Å². The van der Waals surface area contributed by atoms with Crippen molar-refractivity contribution >= 4 is 11.0 Å². The van der Waals surface area contributed by atoms with E-state index in [1.807, 2.05) is 6.07 Å². The fraction of sp³-hybridized carbons (Fsp3) is 0.350. The zero-order valence-electron chi connectivity index (χ0n) is 14.2. The molecule has 120 valence electrons. The molecule has 23 heavy (non-hydrogen) atoms. The standard InChI is InChI=1S/C20H24N2O/c1-15-10-11-16(2)20(14-15)23-13-7-6-12-22-17(3)21-18-8-4-5-9-19(18)22/h4-5,8-11,14H,6-7,12-13H2,1-3H3. The summed E-state index contributed by atoms with van der Waals surface area (Å²) >= 11 is 0. The molecule has 3 rings (SSSR count). The molecule has 0 saturated heterocycles. The first kappa shape index (κ1) is 15.6. The highest BCUT2D eigenvalue weighted by Crippen LogP contribution is 2.20. The number of unbranched alkanes of at least 4 members (excludes halogenated alkanes) is 1. The molecule has 0 aliphatic carbocycles. The van der Waals surface area contributed by atoms with Gasteiger partial charge < -0.3 is 9.30 Å². The Labute approximate surface area is 137 Å². The van der Waals surface area contributed by atoms with Gasteiger partial charge in [0.25, 0.3) is 0 Å². The van der Waals surface area contributed by atoms with E-state index in [1.54, 1.807) is 0 Å². The Bertz CT molecular complexity index is 805. The predicted molar refractivity (Wildman–Crippen MR) is 95.1 cm³/mol. The highest BCUT2D eigenvalue weighted by atomic mass is 16.5. The second-order valence-corrected chi connectivity index (χ2v) is 6.12. The fourth-order valence-electron chi connectivity index (χ4n) is 2.90. The second kappa shape index (κ2) is 6.86. The monoisotopic (exact) mass is 308 g/mol. The lowest BCUT2D eigenvalue weighted by Crippen LogP contribution is -2.04. The molecule has 3 heteroatoms. The van der Waals surface area contributed by atoms with Crippen molar-refractivity contribution < 1.29 is 4.74 Å². The smallest absolute Gasteiger partial charge is 0.122 e. The van der Waals surface area contributed by atoms with E-state index in [4.69, 9.17) is 4.74 Å². The molecule has 1 aromatic heterocycles. The number of para-hydroxylation sites is 2. The lowest BCUT2D eigenvalue weighted by atomic mass is 10.1. The van der Waals surface area contributed by atoms with E-state index in [0.717, 1.165) is 43.1 Å². The molecular weight excluding hydrogens is 284 g/mol. The summed E-state index contributed by atoms with van der Waals surface area (Å²) in [7, 11) is 0. The SMILES string of the molecule is Cc1ccc(C)c(OCCCCn2c(C)nc3ccccc32)c1. The summed E-state index contributed by atoms with van der Waals surface area (Å²) in [5.41, 5.74) is 4.75. The zero-order valence-corrected chi connectivity index (χ0v) is 14.2. The van der Waals surface area contributed by atoms with Gasteiger partial charge in [0.05, 0.1) is 17.6 Å². The average Bonchev–Trinajstić information content (AvgIpc) is 2.86. The van der Waals surface area contributed by atoms with Gasteiger partial charge >= 0.3 is 0 Å². The van der Waals surface area contributed by atoms with Crippen LogP contribution in [0.25, 0.3) is 11.0 Å². The third-order valence-corrected chi connectivity index (χ3v) is 4.22. The third kappa shape index (κ3) is 3.55. The number of fused-ring (bicyclic) bond motifs is 1. The van der Waals surface area contributed by atoms with Crippen LogP contribution in [0.3, 0.4) is 0 Å². The second-order valence-electron chi connectivity index (χ2n) is 6.12. The van der Waals surface area contributed by atoms with E-state index in [0.29, 0.717) is 0 Å². The molecule has 0 bridgehead atoms. The van der Waals surface area contributed by atoms with Gasteiger partial charge in [-0.05, 0) is 62.9 Å². The minimum Gasteiger partial charge on any atom is -0.493 e. The zero-order chi connectivity index (χ0) is 16.2. The van der Waals surface area contributed by atoms with Gasteiger partial charge in [-0.25, -0.2) is 4.98 Å². The lowest BCUT2D eigenvalue weighted by molar-refractivity contribution is 0.301. The molecule has 0 aliphatic heterocycles. The molecule has 3 aromatic rings. The molecule has 0 unspecified atom stereocenters. The number of nitrogens with zero attached hydrogens (tertiary/aromatic N) is 2. The van der Waals surface area contributed by atoms with Gasteiger partial charge in [-0.2, -0.15) is 0 Å². The Balaban J connectivity index is 1.53. The van der Waals surface area contributed by atoms with Crippen molar-refractivity contribution in [3.8, 4) is 5.75 Å². The summed E-state index contributed by atoms with van der Waals surface area (Å²) in [6.45, 7) is 8.01. The van der Waals surface area contributed by atoms with Crippen LogP contribution in [-0.2, 0) is 6.54 Å². The number of aromatic nitrogens is 2.